The maximum Gasteiger partial charge on any atom is 0.0233 e. The Labute approximate surface area is 141 Å². The van der Waals surface area contributed by atoms with E-state index < -0.39 is 0 Å². The number of rotatable bonds is 6. The largest absolute Gasteiger partial charge is 0.330 e. The van der Waals surface area contributed by atoms with E-state index in [1.807, 2.05) is 0 Å². The van der Waals surface area contributed by atoms with Crippen LogP contribution in [-0.2, 0) is 13.0 Å². The van der Waals surface area contributed by atoms with Crippen LogP contribution in [0.5, 0.6) is 0 Å². The highest BCUT2D eigenvalue weighted by molar-refractivity contribution is 5.23. The Balaban J connectivity index is 1.48. The number of benzene rings is 1. The van der Waals surface area contributed by atoms with Crippen LogP contribution < -0.4 is 5.73 Å². The van der Waals surface area contributed by atoms with Crippen LogP contribution in [0, 0.1) is 5.92 Å². The molecule has 0 radical (unpaired) electrons. The molecule has 0 amide bonds. The van der Waals surface area contributed by atoms with E-state index in [9.17, 15) is 0 Å². The van der Waals surface area contributed by atoms with E-state index in [2.05, 4.69) is 41.0 Å². The molecule has 0 saturated carbocycles. The van der Waals surface area contributed by atoms with Crippen molar-refractivity contribution in [2.24, 2.45) is 11.7 Å². The Kier molecular flexibility index (Phi) is 6.09. The summed E-state index contributed by atoms with van der Waals surface area (Å²) in [5.41, 5.74) is 8.50. The second kappa shape index (κ2) is 8.27. The van der Waals surface area contributed by atoms with E-state index in [1.165, 1.54) is 63.0 Å². The Morgan fingerprint density at radius 3 is 2.48 bits per heavy atom. The Morgan fingerprint density at radius 1 is 1.09 bits per heavy atom. The summed E-state index contributed by atoms with van der Waals surface area (Å²) >= 11 is 0. The number of piperidine rings is 1. The Morgan fingerprint density at radius 2 is 1.78 bits per heavy atom. The molecule has 3 nitrogen and oxygen atoms in total. The van der Waals surface area contributed by atoms with Crippen LogP contribution in [0.2, 0.25) is 0 Å². The van der Waals surface area contributed by atoms with Crippen LogP contribution in [-0.4, -0.2) is 48.6 Å². The van der Waals surface area contributed by atoms with Gasteiger partial charge in [-0.1, -0.05) is 24.3 Å². The molecule has 3 rings (SSSR count). The molecule has 2 N–H and O–H groups in total. The molecule has 0 aromatic heterocycles. The van der Waals surface area contributed by atoms with Crippen molar-refractivity contribution in [1.29, 1.82) is 0 Å². The molecule has 1 aromatic carbocycles. The SMILES string of the molecule is C[C@@H](C1CCN(Cc2cccc(CCN)c2)CC1)N1CCCC1. The molecule has 23 heavy (non-hydrogen) atoms. The predicted molar refractivity (Wildman–Crippen MR) is 97.5 cm³/mol. The van der Waals surface area contributed by atoms with E-state index in [-0.39, 0.29) is 0 Å². The van der Waals surface area contributed by atoms with Gasteiger partial charge in [0, 0.05) is 12.6 Å². The maximum atomic E-state index is 5.68. The van der Waals surface area contributed by atoms with Crippen LogP contribution in [0.3, 0.4) is 0 Å². The lowest BCUT2D eigenvalue weighted by Crippen LogP contribution is -2.42. The fourth-order valence-corrected chi connectivity index (χ4v) is 4.35. The lowest BCUT2D eigenvalue weighted by molar-refractivity contribution is 0.108. The molecule has 3 heteroatoms. The van der Waals surface area contributed by atoms with Crippen LogP contribution in [0.15, 0.2) is 24.3 Å². The van der Waals surface area contributed by atoms with E-state index >= 15 is 0 Å². The molecular formula is C20H33N3. The van der Waals surface area contributed by atoms with Gasteiger partial charge in [0.05, 0.1) is 0 Å². The van der Waals surface area contributed by atoms with Gasteiger partial charge in [0.15, 0.2) is 0 Å². The molecule has 1 atom stereocenters. The average Bonchev–Trinajstić information content (AvgIpc) is 3.10. The topological polar surface area (TPSA) is 32.5 Å². The van der Waals surface area contributed by atoms with E-state index in [1.54, 1.807) is 0 Å². The second-order valence-corrected chi connectivity index (χ2v) is 7.46. The van der Waals surface area contributed by atoms with Crippen LogP contribution >= 0.6 is 0 Å². The fraction of sp³-hybridized carbons (Fsp3) is 0.700. The summed E-state index contributed by atoms with van der Waals surface area (Å²) in [7, 11) is 0. The summed E-state index contributed by atoms with van der Waals surface area (Å²) in [5.74, 6) is 0.896. The number of nitrogens with two attached hydrogens (primary N) is 1. The molecule has 2 heterocycles. The quantitative estimate of drug-likeness (QED) is 0.876. The van der Waals surface area contributed by atoms with E-state index in [0.717, 1.165) is 31.5 Å². The minimum Gasteiger partial charge on any atom is -0.330 e. The zero-order chi connectivity index (χ0) is 16.1. The van der Waals surface area contributed by atoms with E-state index in [0.29, 0.717) is 0 Å². The zero-order valence-electron chi connectivity index (χ0n) is 14.7. The molecule has 1 aromatic rings. The van der Waals surface area contributed by atoms with Crippen molar-refractivity contribution in [3.8, 4) is 0 Å². The average molecular weight is 316 g/mol. The smallest absolute Gasteiger partial charge is 0.0233 e. The number of hydrogen-bond acceptors (Lipinski definition) is 3. The third-order valence-electron chi connectivity index (χ3n) is 5.86. The summed E-state index contributed by atoms with van der Waals surface area (Å²) in [5, 5.41) is 0. The summed E-state index contributed by atoms with van der Waals surface area (Å²) in [6.07, 6.45) is 6.52. The van der Waals surface area contributed by atoms with Crippen LogP contribution in [0.4, 0.5) is 0 Å². The highest BCUT2D eigenvalue weighted by atomic mass is 15.2. The van der Waals surface area contributed by atoms with E-state index in [4.69, 9.17) is 5.73 Å². The molecular weight excluding hydrogens is 282 g/mol. The number of hydrogen-bond donors (Lipinski definition) is 1. The third-order valence-corrected chi connectivity index (χ3v) is 5.86. The zero-order valence-corrected chi connectivity index (χ0v) is 14.7. The Bertz CT molecular complexity index is 474. The Hall–Kier alpha value is -0.900. The minimum absolute atomic E-state index is 0.739. The van der Waals surface area contributed by atoms with Crippen LogP contribution in [0.1, 0.15) is 43.7 Å². The molecule has 2 fully saturated rings. The molecule has 0 aliphatic carbocycles. The highest BCUT2D eigenvalue weighted by Gasteiger charge is 2.28. The van der Waals surface area contributed by atoms with Crippen molar-refractivity contribution in [2.75, 3.05) is 32.7 Å². The van der Waals surface area contributed by atoms with Gasteiger partial charge in [-0.05, 0) is 88.8 Å². The second-order valence-electron chi connectivity index (χ2n) is 7.46. The van der Waals surface area contributed by atoms with Crippen molar-refractivity contribution >= 4 is 0 Å². The third kappa shape index (κ3) is 4.56. The monoisotopic (exact) mass is 315 g/mol. The first-order valence-electron chi connectivity index (χ1n) is 9.50. The first-order chi connectivity index (χ1) is 11.3. The molecule has 2 saturated heterocycles. The summed E-state index contributed by atoms with van der Waals surface area (Å²) < 4.78 is 0. The van der Waals surface area contributed by atoms with Gasteiger partial charge in [0.1, 0.15) is 0 Å². The van der Waals surface area contributed by atoms with Gasteiger partial charge in [-0.2, -0.15) is 0 Å². The standard InChI is InChI=1S/C20H33N3/c1-17(23-11-2-3-12-23)20-8-13-22(14-9-20)16-19-6-4-5-18(15-19)7-10-21/h4-6,15,17,20H,2-3,7-14,16,21H2,1H3/t17-/m0/s1. The molecule has 128 valence electrons. The summed E-state index contributed by atoms with van der Waals surface area (Å²) in [4.78, 5) is 5.35. The molecule has 2 aliphatic rings. The predicted octanol–water partition coefficient (Wildman–Crippen LogP) is 2.88. The molecule has 0 spiro atoms. The molecule has 0 unspecified atom stereocenters. The molecule has 2 aliphatic heterocycles. The lowest BCUT2D eigenvalue weighted by atomic mass is 9.89. The maximum absolute atomic E-state index is 5.68. The van der Waals surface area contributed by atoms with Gasteiger partial charge < -0.3 is 10.6 Å². The fourth-order valence-electron chi connectivity index (χ4n) is 4.35. The normalized spacial score (nSPS) is 22.5. The molecule has 0 bridgehead atoms. The van der Waals surface area contributed by atoms with Crippen LogP contribution in [0.25, 0.3) is 0 Å². The van der Waals surface area contributed by atoms with Gasteiger partial charge in [0.2, 0.25) is 0 Å². The van der Waals surface area contributed by atoms with Crippen molar-refractivity contribution in [1.82, 2.24) is 9.80 Å². The summed E-state index contributed by atoms with van der Waals surface area (Å²) in [6.45, 7) is 9.47. The number of likely N-dealkylation sites (tertiary alicyclic amines) is 2. The number of nitrogens with zero attached hydrogens (tertiary/aromatic N) is 2. The van der Waals surface area contributed by atoms with Crippen molar-refractivity contribution in [2.45, 2.75) is 51.6 Å². The highest BCUT2D eigenvalue weighted by Crippen LogP contribution is 2.27. The lowest BCUT2D eigenvalue weighted by Gasteiger charge is -2.38. The van der Waals surface area contributed by atoms with Crippen molar-refractivity contribution in [3.05, 3.63) is 35.4 Å². The van der Waals surface area contributed by atoms with Gasteiger partial charge >= 0.3 is 0 Å². The first kappa shape index (κ1) is 16.9. The van der Waals surface area contributed by atoms with Gasteiger partial charge in [0.25, 0.3) is 0 Å². The first-order valence-corrected chi connectivity index (χ1v) is 9.50. The minimum atomic E-state index is 0.739. The van der Waals surface area contributed by atoms with Gasteiger partial charge in [-0.3, -0.25) is 4.90 Å². The summed E-state index contributed by atoms with van der Waals surface area (Å²) in [6, 6.07) is 9.76. The van der Waals surface area contributed by atoms with Crippen molar-refractivity contribution < 1.29 is 0 Å². The van der Waals surface area contributed by atoms with Gasteiger partial charge in [-0.15, -0.1) is 0 Å². The van der Waals surface area contributed by atoms with Crippen molar-refractivity contribution in [3.63, 3.8) is 0 Å². The van der Waals surface area contributed by atoms with Gasteiger partial charge in [-0.25, -0.2) is 0 Å².